The first kappa shape index (κ1) is 13.1. The standard InChI is InChI=1S/C12H10ClN3O3S/c1-12(2)18-7-4-3-6(5-8(7)19-12)14-9(17)10-15-16-11(13)20-10/h3-5H,1-2H3,(H,14,17). The van der Waals surface area contributed by atoms with E-state index in [1.807, 2.05) is 13.8 Å². The molecule has 2 heterocycles. The van der Waals surface area contributed by atoms with Crippen molar-refractivity contribution in [1.29, 1.82) is 0 Å². The van der Waals surface area contributed by atoms with Crippen molar-refractivity contribution in [2.24, 2.45) is 0 Å². The van der Waals surface area contributed by atoms with Gasteiger partial charge in [-0.05, 0) is 23.7 Å². The van der Waals surface area contributed by atoms with Crippen LogP contribution in [0.5, 0.6) is 11.5 Å². The molecule has 1 aliphatic heterocycles. The maximum Gasteiger partial charge on any atom is 0.286 e. The molecule has 6 nitrogen and oxygen atoms in total. The van der Waals surface area contributed by atoms with Crippen LogP contribution in [-0.2, 0) is 0 Å². The summed E-state index contributed by atoms with van der Waals surface area (Å²) in [6.07, 6.45) is 0. The van der Waals surface area contributed by atoms with Gasteiger partial charge < -0.3 is 14.8 Å². The van der Waals surface area contributed by atoms with Crippen molar-refractivity contribution < 1.29 is 14.3 Å². The molecule has 0 spiro atoms. The molecule has 1 amide bonds. The summed E-state index contributed by atoms with van der Waals surface area (Å²) in [7, 11) is 0. The molecular weight excluding hydrogens is 302 g/mol. The van der Waals surface area contributed by atoms with E-state index < -0.39 is 5.79 Å². The highest BCUT2D eigenvalue weighted by atomic mass is 35.5. The molecule has 0 bridgehead atoms. The molecule has 0 atom stereocenters. The molecule has 0 radical (unpaired) electrons. The van der Waals surface area contributed by atoms with Crippen LogP contribution in [0.2, 0.25) is 4.47 Å². The van der Waals surface area contributed by atoms with Gasteiger partial charge in [0.15, 0.2) is 11.5 Å². The van der Waals surface area contributed by atoms with Crippen molar-refractivity contribution in [3.63, 3.8) is 0 Å². The van der Waals surface area contributed by atoms with Crippen LogP contribution in [0.25, 0.3) is 0 Å². The number of benzene rings is 1. The van der Waals surface area contributed by atoms with Crippen LogP contribution in [0, 0.1) is 0 Å². The number of hydrogen-bond acceptors (Lipinski definition) is 6. The average Bonchev–Trinajstić information content (AvgIpc) is 2.90. The molecule has 1 N–H and O–H groups in total. The van der Waals surface area contributed by atoms with E-state index in [4.69, 9.17) is 21.1 Å². The minimum Gasteiger partial charge on any atom is -0.449 e. The zero-order valence-corrected chi connectivity index (χ0v) is 12.2. The third-order valence-corrected chi connectivity index (χ3v) is 3.53. The van der Waals surface area contributed by atoms with Crippen molar-refractivity contribution >= 4 is 34.5 Å². The number of aromatic nitrogens is 2. The van der Waals surface area contributed by atoms with E-state index in [0.717, 1.165) is 11.3 Å². The molecular formula is C12H10ClN3O3S. The Balaban J connectivity index is 1.78. The normalized spacial score (nSPS) is 15.2. The van der Waals surface area contributed by atoms with E-state index in [0.29, 0.717) is 17.2 Å². The van der Waals surface area contributed by atoms with E-state index in [1.165, 1.54) is 0 Å². The van der Waals surface area contributed by atoms with Crippen molar-refractivity contribution in [2.45, 2.75) is 19.6 Å². The lowest BCUT2D eigenvalue weighted by Crippen LogP contribution is -2.29. The average molecular weight is 312 g/mol. The minimum absolute atomic E-state index is 0.202. The van der Waals surface area contributed by atoms with E-state index in [9.17, 15) is 4.79 Å². The Morgan fingerprint density at radius 3 is 2.75 bits per heavy atom. The van der Waals surface area contributed by atoms with Gasteiger partial charge in [-0.25, -0.2) is 0 Å². The second-order valence-electron chi connectivity index (χ2n) is 4.58. The second kappa shape index (κ2) is 4.60. The number of anilines is 1. The smallest absolute Gasteiger partial charge is 0.286 e. The number of nitrogens with zero attached hydrogens (tertiary/aromatic N) is 2. The zero-order chi connectivity index (χ0) is 14.3. The van der Waals surface area contributed by atoms with Gasteiger partial charge in [0.05, 0.1) is 0 Å². The van der Waals surface area contributed by atoms with Gasteiger partial charge in [-0.1, -0.05) is 11.3 Å². The van der Waals surface area contributed by atoms with Gasteiger partial charge in [0.25, 0.3) is 5.91 Å². The first-order valence-corrected chi connectivity index (χ1v) is 6.95. The molecule has 0 saturated heterocycles. The fourth-order valence-corrected chi connectivity index (χ4v) is 2.51. The number of carbonyl (C=O) groups excluding carboxylic acids is 1. The van der Waals surface area contributed by atoms with Gasteiger partial charge in [-0.2, -0.15) is 0 Å². The fourth-order valence-electron chi connectivity index (χ4n) is 1.78. The highest BCUT2D eigenvalue weighted by molar-refractivity contribution is 7.17. The quantitative estimate of drug-likeness (QED) is 0.923. The summed E-state index contributed by atoms with van der Waals surface area (Å²) in [5.41, 5.74) is 0.585. The third kappa shape index (κ3) is 2.54. The summed E-state index contributed by atoms with van der Waals surface area (Å²) < 4.78 is 11.4. The Morgan fingerprint density at radius 1 is 1.30 bits per heavy atom. The van der Waals surface area contributed by atoms with Crippen LogP contribution >= 0.6 is 22.9 Å². The number of ether oxygens (including phenoxy) is 2. The summed E-state index contributed by atoms with van der Waals surface area (Å²) in [4.78, 5) is 11.9. The number of rotatable bonds is 2. The molecule has 104 valence electrons. The van der Waals surface area contributed by atoms with Gasteiger partial charge in [-0.15, -0.1) is 10.2 Å². The van der Waals surface area contributed by atoms with Crippen LogP contribution in [0.3, 0.4) is 0 Å². The van der Waals surface area contributed by atoms with Gasteiger partial charge in [-0.3, -0.25) is 4.79 Å². The zero-order valence-electron chi connectivity index (χ0n) is 10.6. The lowest BCUT2D eigenvalue weighted by Gasteiger charge is -2.16. The second-order valence-corrected chi connectivity index (χ2v) is 6.14. The number of halogens is 1. The summed E-state index contributed by atoms with van der Waals surface area (Å²) in [6, 6.07) is 5.17. The highest BCUT2D eigenvalue weighted by Gasteiger charge is 2.31. The summed E-state index contributed by atoms with van der Waals surface area (Å²) in [6.45, 7) is 3.63. The van der Waals surface area contributed by atoms with Crippen molar-refractivity contribution in [3.8, 4) is 11.5 Å². The lowest BCUT2D eigenvalue weighted by molar-refractivity contribution is -0.0431. The molecule has 3 rings (SSSR count). The largest absolute Gasteiger partial charge is 0.449 e. The van der Waals surface area contributed by atoms with Crippen molar-refractivity contribution in [1.82, 2.24) is 10.2 Å². The van der Waals surface area contributed by atoms with E-state index in [1.54, 1.807) is 18.2 Å². The van der Waals surface area contributed by atoms with Gasteiger partial charge in [0.2, 0.25) is 15.3 Å². The maximum absolute atomic E-state index is 11.9. The van der Waals surface area contributed by atoms with Crippen molar-refractivity contribution in [2.75, 3.05) is 5.32 Å². The van der Waals surface area contributed by atoms with Crippen LogP contribution in [-0.4, -0.2) is 21.9 Å². The molecule has 0 aliphatic carbocycles. The molecule has 0 unspecified atom stereocenters. The topological polar surface area (TPSA) is 73.3 Å². The third-order valence-electron chi connectivity index (χ3n) is 2.51. The summed E-state index contributed by atoms with van der Waals surface area (Å²) >= 11 is 6.66. The van der Waals surface area contributed by atoms with Crippen LogP contribution in [0.4, 0.5) is 5.69 Å². The van der Waals surface area contributed by atoms with Crippen molar-refractivity contribution in [3.05, 3.63) is 27.7 Å². The first-order chi connectivity index (χ1) is 9.43. The predicted molar refractivity (Wildman–Crippen MR) is 74.6 cm³/mol. The molecule has 1 aromatic heterocycles. The number of fused-ring (bicyclic) bond motifs is 1. The number of carbonyl (C=O) groups is 1. The molecule has 1 aliphatic rings. The Kier molecular flexibility index (Phi) is 3.02. The monoisotopic (exact) mass is 311 g/mol. The van der Waals surface area contributed by atoms with E-state index >= 15 is 0 Å². The Bertz CT molecular complexity index is 686. The van der Waals surface area contributed by atoms with Gasteiger partial charge in [0, 0.05) is 25.6 Å². The Morgan fingerprint density at radius 2 is 2.05 bits per heavy atom. The SMILES string of the molecule is CC1(C)Oc2ccc(NC(=O)c3nnc(Cl)s3)cc2O1. The Hall–Kier alpha value is -1.86. The van der Waals surface area contributed by atoms with Crippen LogP contribution < -0.4 is 14.8 Å². The van der Waals surface area contributed by atoms with Gasteiger partial charge >= 0.3 is 0 Å². The van der Waals surface area contributed by atoms with E-state index in [2.05, 4.69) is 15.5 Å². The minimum atomic E-state index is -0.697. The molecule has 8 heteroatoms. The molecule has 20 heavy (non-hydrogen) atoms. The molecule has 0 fully saturated rings. The van der Waals surface area contributed by atoms with E-state index in [-0.39, 0.29) is 15.4 Å². The number of hydrogen-bond donors (Lipinski definition) is 1. The predicted octanol–water partition coefficient (Wildman–Crippen LogP) is 2.95. The van der Waals surface area contributed by atoms with Gasteiger partial charge in [0.1, 0.15) is 0 Å². The number of amides is 1. The number of nitrogens with one attached hydrogen (secondary N) is 1. The maximum atomic E-state index is 11.9. The van der Waals surface area contributed by atoms with Crippen LogP contribution in [0.1, 0.15) is 23.6 Å². The molecule has 2 aromatic rings. The van der Waals surface area contributed by atoms with Crippen LogP contribution in [0.15, 0.2) is 18.2 Å². The lowest BCUT2D eigenvalue weighted by atomic mass is 10.3. The summed E-state index contributed by atoms with van der Waals surface area (Å²) in [5.74, 6) is 0.167. The first-order valence-electron chi connectivity index (χ1n) is 5.75. The highest BCUT2D eigenvalue weighted by Crippen LogP contribution is 2.40. The molecule has 0 saturated carbocycles. The fraction of sp³-hybridized carbons (Fsp3) is 0.250. The molecule has 1 aromatic carbocycles. The summed E-state index contributed by atoms with van der Waals surface area (Å²) in [5, 5.41) is 10.2. The Labute approximate surface area is 123 Å².